The van der Waals surface area contributed by atoms with Gasteiger partial charge in [0, 0.05) is 12.0 Å². The first kappa shape index (κ1) is 13.4. The van der Waals surface area contributed by atoms with Crippen LogP contribution < -0.4 is 0 Å². The molecule has 2 aliphatic heterocycles. The van der Waals surface area contributed by atoms with Crippen LogP contribution in [-0.4, -0.2) is 52.3 Å². The van der Waals surface area contributed by atoms with E-state index in [1.165, 1.54) is 12.0 Å². The first-order chi connectivity index (χ1) is 8.90. The maximum atomic E-state index is 11.7. The summed E-state index contributed by atoms with van der Waals surface area (Å²) in [5.41, 5.74) is 0. The Bertz CT molecular complexity index is 459. The molecule has 0 aromatic heterocycles. The lowest BCUT2D eigenvalue weighted by Gasteiger charge is -2.51. The number of fused-ring (bicyclic) bond motifs is 2. The molecule has 5 atom stereocenters. The summed E-state index contributed by atoms with van der Waals surface area (Å²) in [7, 11) is 1.21. The molecule has 3 rings (SSSR count). The van der Waals surface area contributed by atoms with Crippen molar-refractivity contribution in [3.8, 4) is 0 Å². The zero-order chi connectivity index (χ0) is 14.3. The van der Waals surface area contributed by atoms with Gasteiger partial charge in [-0.3, -0.25) is 14.5 Å². The minimum atomic E-state index is -1.22. The number of methoxy groups -OCH3 is 1. The molecule has 0 aromatic rings. The maximum absolute atomic E-state index is 11.7. The van der Waals surface area contributed by atoms with Crippen LogP contribution in [-0.2, 0) is 14.3 Å². The molecule has 1 aliphatic carbocycles. The number of piperidine rings is 1. The molecule has 0 radical (unpaired) electrons. The monoisotopic (exact) mass is 269 g/mol. The molecule has 0 saturated carbocycles. The molecule has 0 aromatic carbocycles. The summed E-state index contributed by atoms with van der Waals surface area (Å²) in [4.78, 5) is 35.7. The van der Waals surface area contributed by atoms with Gasteiger partial charge in [-0.1, -0.05) is 12.2 Å². The van der Waals surface area contributed by atoms with Gasteiger partial charge in [0.05, 0.1) is 25.0 Å². The fraction of sp³-hybridized carbons (Fsp3) is 0.583. The lowest BCUT2D eigenvalue weighted by molar-refractivity contribution is -0.164. The molecule has 7 heteroatoms. The molecule has 0 spiro atoms. The highest BCUT2D eigenvalue weighted by Crippen LogP contribution is 2.43. The van der Waals surface area contributed by atoms with Crippen molar-refractivity contribution in [3.05, 3.63) is 12.2 Å². The van der Waals surface area contributed by atoms with Gasteiger partial charge in [-0.15, -0.1) is 0 Å². The molecular weight excluding hydrogens is 254 g/mol. The standard InChI is InChI=1S/C12H15NO6/c1-5-6-3-4-7(13(5)12(18)19-2)9(11(16)17)8(6)10(14)15/h3-9H,1-2H3,(H,14,15)(H,16,17)/t5?,6?,7?,8-,9+/m1/s1. The zero-order valence-corrected chi connectivity index (χ0v) is 10.5. The molecule has 1 amide bonds. The Balaban J connectivity index is 2.45. The number of amides is 1. The predicted octanol–water partition coefficient (Wildman–Crippen LogP) is 0.413. The van der Waals surface area contributed by atoms with Crippen molar-refractivity contribution in [2.24, 2.45) is 17.8 Å². The SMILES string of the molecule is COC(=O)N1C(C)C2C=CC1[C@H](C(=O)O)[C@@H]2C(=O)O. The number of aliphatic carboxylic acids is 2. The molecule has 19 heavy (non-hydrogen) atoms. The normalized spacial score (nSPS) is 36.1. The second-order valence-corrected chi connectivity index (χ2v) is 4.80. The summed E-state index contributed by atoms with van der Waals surface area (Å²) < 4.78 is 4.65. The van der Waals surface area contributed by atoms with E-state index in [4.69, 9.17) is 0 Å². The molecule has 2 N–H and O–H groups in total. The second kappa shape index (κ2) is 4.56. The topological polar surface area (TPSA) is 104 Å². The number of hydrogen-bond acceptors (Lipinski definition) is 4. The fourth-order valence-corrected chi connectivity index (χ4v) is 3.13. The highest BCUT2D eigenvalue weighted by Gasteiger charge is 2.56. The first-order valence-corrected chi connectivity index (χ1v) is 5.90. The molecule has 3 unspecified atom stereocenters. The number of carboxylic acid groups (broad SMARTS) is 2. The minimum Gasteiger partial charge on any atom is -0.481 e. The van der Waals surface area contributed by atoms with Crippen molar-refractivity contribution >= 4 is 18.0 Å². The van der Waals surface area contributed by atoms with Crippen LogP contribution in [0.1, 0.15) is 6.92 Å². The number of nitrogens with zero attached hydrogens (tertiary/aromatic N) is 1. The summed E-state index contributed by atoms with van der Waals surface area (Å²) >= 11 is 0. The van der Waals surface area contributed by atoms with Gasteiger partial charge in [0.2, 0.25) is 0 Å². The van der Waals surface area contributed by atoms with Crippen LogP contribution in [0.15, 0.2) is 12.2 Å². The molecule has 104 valence electrons. The Morgan fingerprint density at radius 2 is 1.68 bits per heavy atom. The van der Waals surface area contributed by atoms with Crippen molar-refractivity contribution in [1.29, 1.82) is 0 Å². The van der Waals surface area contributed by atoms with Gasteiger partial charge >= 0.3 is 18.0 Å². The Morgan fingerprint density at radius 1 is 1.11 bits per heavy atom. The predicted molar refractivity (Wildman–Crippen MR) is 62.4 cm³/mol. The van der Waals surface area contributed by atoms with Crippen molar-refractivity contribution in [3.63, 3.8) is 0 Å². The number of carbonyl (C=O) groups excluding carboxylic acids is 1. The van der Waals surface area contributed by atoms with Crippen LogP contribution in [0.5, 0.6) is 0 Å². The molecular formula is C12H15NO6. The third-order valence-corrected chi connectivity index (χ3v) is 3.97. The Kier molecular flexibility index (Phi) is 3.21. The van der Waals surface area contributed by atoms with E-state index in [0.29, 0.717) is 0 Å². The largest absolute Gasteiger partial charge is 0.481 e. The third kappa shape index (κ3) is 1.85. The molecule has 1 fully saturated rings. The third-order valence-electron chi connectivity index (χ3n) is 3.97. The van der Waals surface area contributed by atoms with E-state index in [0.717, 1.165) is 0 Å². The summed E-state index contributed by atoms with van der Waals surface area (Å²) in [6, 6.07) is -1.19. The lowest BCUT2D eigenvalue weighted by Crippen LogP contribution is -2.64. The molecule has 3 aliphatic rings. The number of carbonyl (C=O) groups is 3. The van der Waals surface area contributed by atoms with Gasteiger partial charge in [-0.2, -0.15) is 0 Å². The van der Waals surface area contributed by atoms with Crippen LogP contribution in [0.2, 0.25) is 0 Å². The lowest BCUT2D eigenvalue weighted by atomic mass is 9.66. The van der Waals surface area contributed by atoms with Crippen LogP contribution in [0.4, 0.5) is 4.79 Å². The highest BCUT2D eigenvalue weighted by atomic mass is 16.5. The average molecular weight is 269 g/mol. The van der Waals surface area contributed by atoms with E-state index in [2.05, 4.69) is 4.74 Å². The smallest absolute Gasteiger partial charge is 0.410 e. The Morgan fingerprint density at radius 3 is 2.16 bits per heavy atom. The number of ether oxygens (including phenoxy) is 1. The summed E-state index contributed by atoms with van der Waals surface area (Å²) in [5.74, 6) is -5.07. The van der Waals surface area contributed by atoms with Crippen molar-refractivity contribution in [1.82, 2.24) is 4.90 Å². The van der Waals surface area contributed by atoms with Gasteiger partial charge in [-0.05, 0) is 6.92 Å². The second-order valence-electron chi connectivity index (χ2n) is 4.80. The van der Waals surface area contributed by atoms with Crippen LogP contribution in [0.25, 0.3) is 0 Å². The van der Waals surface area contributed by atoms with Crippen LogP contribution in [0.3, 0.4) is 0 Å². The average Bonchev–Trinajstić information content (AvgIpc) is 2.37. The Labute approximate surface area is 109 Å². The van der Waals surface area contributed by atoms with E-state index in [-0.39, 0.29) is 0 Å². The van der Waals surface area contributed by atoms with E-state index >= 15 is 0 Å². The Hall–Kier alpha value is -2.05. The number of rotatable bonds is 2. The summed E-state index contributed by atoms with van der Waals surface area (Å²) in [6.45, 7) is 1.70. The van der Waals surface area contributed by atoms with Crippen molar-refractivity contribution in [2.75, 3.05) is 7.11 Å². The van der Waals surface area contributed by atoms with Crippen LogP contribution in [0, 0.1) is 17.8 Å². The van der Waals surface area contributed by atoms with Gasteiger partial charge in [0.25, 0.3) is 0 Å². The van der Waals surface area contributed by atoms with E-state index in [9.17, 15) is 24.6 Å². The quantitative estimate of drug-likeness (QED) is 0.704. The zero-order valence-electron chi connectivity index (χ0n) is 10.5. The van der Waals surface area contributed by atoms with Crippen molar-refractivity contribution in [2.45, 2.75) is 19.0 Å². The molecule has 7 nitrogen and oxygen atoms in total. The van der Waals surface area contributed by atoms with Crippen molar-refractivity contribution < 1.29 is 29.3 Å². The van der Waals surface area contributed by atoms with Crippen LogP contribution >= 0.6 is 0 Å². The molecule has 2 heterocycles. The fourth-order valence-electron chi connectivity index (χ4n) is 3.13. The van der Waals surface area contributed by atoms with E-state index in [1.807, 2.05) is 0 Å². The maximum Gasteiger partial charge on any atom is 0.410 e. The molecule has 1 saturated heterocycles. The van der Waals surface area contributed by atoms with Gasteiger partial charge in [0.1, 0.15) is 0 Å². The number of carboxylic acids is 2. The summed E-state index contributed by atoms with van der Waals surface area (Å²) in [5, 5.41) is 18.5. The van der Waals surface area contributed by atoms with E-state index < -0.39 is 47.9 Å². The molecule has 2 bridgehead atoms. The van der Waals surface area contributed by atoms with Gasteiger partial charge < -0.3 is 14.9 Å². The van der Waals surface area contributed by atoms with Gasteiger partial charge in [0.15, 0.2) is 0 Å². The summed E-state index contributed by atoms with van der Waals surface area (Å²) in [6.07, 6.45) is 2.63. The highest BCUT2D eigenvalue weighted by molar-refractivity contribution is 5.84. The van der Waals surface area contributed by atoms with Gasteiger partial charge in [-0.25, -0.2) is 4.79 Å². The first-order valence-electron chi connectivity index (χ1n) is 5.90. The number of hydrogen-bond donors (Lipinski definition) is 2. The minimum absolute atomic E-state index is 0.404. The van der Waals surface area contributed by atoms with E-state index in [1.54, 1.807) is 19.1 Å².